The Labute approximate surface area is 153 Å². The van der Waals surface area contributed by atoms with Crippen LogP contribution in [0.2, 0.25) is 0 Å². The number of carbonyl (C=O) groups is 1. The number of carbonyl (C=O) groups excluding carboxylic acids is 1. The fraction of sp³-hybridized carbons (Fsp3) is 0.579. The lowest BCUT2D eigenvalue weighted by Gasteiger charge is -2.39. The van der Waals surface area contributed by atoms with Gasteiger partial charge in [-0.3, -0.25) is 9.89 Å². The third-order valence-electron chi connectivity index (χ3n) is 5.48. The van der Waals surface area contributed by atoms with Crippen LogP contribution in [-0.2, 0) is 0 Å². The van der Waals surface area contributed by atoms with E-state index in [2.05, 4.69) is 31.1 Å². The van der Waals surface area contributed by atoms with E-state index in [1.165, 1.54) is 12.8 Å². The number of hydrogen-bond donors (Lipinski definition) is 1. The van der Waals surface area contributed by atoms with Crippen molar-refractivity contribution in [2.75, 3.05) is 18.0 Å². The van der Waals surface area contributed by atoms with Crippen LogP contribution < -0.4 is 4.90 Å². The Morgan fingerprint density at radius 1 is 1.12 bits per heavy atom. The predicted molar refractivity (Wildman–Crippen MR) is 99.3 cm³/mol. The molecule has 1 aliphatic heterocycles. The fourth-order valence-electron chi connectivity index (χ4n) is 3.98. The molecule has 0 radical (unpaired) electrons. The molecule has 26 heavy (non-hydrogen) atoms. The average Bonchev–Trinajstić information content (AvgIpc) is 3.40. The normalized spacial score (nSPS) is 18.2. The van der Waals surface area contributed by atoms with Gasteiger partial charge in [0.1, 0.15) is 12.1 Å². The van der Waals surface area contributed by atoms with Gasteiger partial charge >= 0.3 is 0 Å². The first-order chi connectivity index (χ1) is 12.5. The van der Waals surface area contributed by atoms with Crippen LogP contribution in [0.4, 0.5) is 5.82 Å². The lowest BCUT2D eigenvalue weighted by molar-refractivity contribution is 0.0710. The van der Waals surface area contributed by atoms with Crippen molar-refractivity contribution in [3.05, 3.63) is 35.0 Å². The van der Waals surface area contributed by atoms with Crippen molar-refractivity contribution >= 4 is 11.7 Å². The molecule has 0 atom stereocenters. The van der Waals surface area contributed by atoms with Gasteiger partial charge in [0.05, 0.1) is 11.3 Å². The molecule has 4 rings (SSSR count). The topological polar surface area (TPSA) is 78.0 Å². The van der Waals surface area contributed by atoms with Crippen molar-refractivity contribution in [3.8, 4) is 0 Å². The van der Waals surface area contributed by atoms with Crippen LogP contribution >= 0.6 is 0 Å². The molecule has 2 aromatic rings. The largest absolute Gasteiger partial charge is 0.350 e. The van der Waals surface area contributed by atoms with Crippen LogP contribution in [-0.4, -0.2) is 56.1 Å². The molecule has 7 heteroatoms. The molecule has 1 amide bonds. The summed E-state index contributed by atoms with van der Waals surface area (Å²) >= 11 is 0. The summed E-state index contributed by atoms with van der Waals surface area (Å²) in [6, 6.07) is 3.11. The Balaban J connectivity index is 1.46. The molecular weight excluding hydrogens is 328 g/mol. The second kappa shape index (κ2) is 6.70. The van der Waals surface area contributed by atoms with Crippen LogP contribution in [0.3, 0.4) is 0 Å². The number of aryl methyl sites for hydroxylation is 3. The summed E-state index contributed by atoms with van der Waals surface area (Å²) in [6.07, 6.45) is 6.07. The third kappa shape index (κ3) is 3.18. The number of anilines is 1. The summed E-state index contributed by atoms with van der Waals surface area (Å²) in [5.41, 5.74) is 3.37. The van der Waals surface area contributed by atoms with Crippen molar-refractivity contribution in [2.24, 2.45) is 0 Å². The van der Waals surface area contributed by atoms with Crippen molar-refractivity contribution < 1.29 is 4.79 Å². The highest BCUT2D eigenvalue weighted by molar-refractivity contribution is 5.96. The number of nitrogens with zero attached hydrogens (tertiary/aromatic N) is 5. The SMILES string of the molecule is Cc1cc(N(C2CC2)C2CCN(C(=O)c3c(C)n[nH]c3C)CC2)ncn1. The summed E-state index contributed by atoms with van der Waals surface area (Å²) in [4.78, 5) is 26.1. The van der Waals surface area contributed by atoms with E-state index in [9.17, 15) is 4.79 Å². The molecule has 2 fully saturated rings. The van der Waals surface area contributed by atoms with Crippen LogP contribution in [0.25, 0.3) is 0 Å². The van der Waals surface area contributed by atoms with E-state index < -0.39 is 0 Å². The van der Waals surface area contributed by atoms with Crippen LogP contribution in [0.1, 0.15) is 53.1 Å². The van der Waals surface area contributed by atoms with E-state index in [1.54, 1.807) is 6.33 Å². The zero-order chi connectivity index (χ0) is 18.3. The quantitative estimate of drug-likeness (QED) is 0.912. The summed E-state index contributed by atoms with van der Waals surface area (Å²) < 4.78 is 0. The van der Waals surface area contributed by atoms with Gasteiger partial charge in [-0.15, -0.1) is 0 Å². The Hall–Kier alpha value is -2.44. The molecule has 3 heterocycles. The molecule has 0 unspecified atom stereocenters. The first-order valence-electron chi connectivity index (χ1n) is 9.42. The zero-order valence-corrected chi connectivity index (χ0v) is 15.7. The minimum atomic E-state index is 0.100. The van der Waals surface area contributed by atoms with Gasteiger partial charge in [0.25, 0.3) is 5.91 Å². The number of rotatable bonds is 4. The highest BCUT2D eigenvalue weighted by Crippen LogP contribution is 2.35. The lowest BCUT2D eigenvalue weighted by atomic mass is 10.0. The lowest BCUT2D eigenvalue weighted by Crippen LogP contribution is -2.48. The number of aromatic amines is 1. The van der Waals surface area contributed by atoms with Crippen molar-refractivity contribution in [1.82, 2.24) is 25.1 Å². The molecule has 1 saturated heterocycles. The molecule has 138 valence electrons. The van der Waals surface area contributed by atoms with E-state index in [0.29, 0.717) is 12.1 Å². The summed E-state index contributed by atoms with van der Waals surface area (Å²) in [7, 11) is 0. The second-order valence-corrected chi connectivity index (χ2v) is 7.49. The van der Waals surface area contributed by atoms with E-state index in [0.717, 1.165) is 54.4 Å². The minimum Gasteiger partial charge on any atom is -0.350 e. The fourth-order valence-corrected chi connectivity index (χ4v) is 3.98. The summed E-state index contributed by atoms with van der Waals surface area (Å²) in [5.74, 6) is 1.13. The van der Waals surface area contributed by atoms with Gasteiger partial charge in [-0.1, -0.05) is 0 Å². The molecule has 1 saturated carbocycles. The highest BCUT2D eigenvalue weighted by atomic mass is 16.2. The van der Waals surface area contributed by atoms with Gasteiger partial charge in [-0.2, -0.15) is 5.10 Å². The van der Waals surface area contributed by atoms with E-state index >= 15 is 0 Å². The first kappa shape index (κ1) is 17.0. The predicted octanol–water partition coefficient (Wildman–Crippen LogP) is 2.40. The first-order valence-corrected chi connectivity index (χ1v) is 9.42. The Kier molecular flexibility index (Phi) is 4.38. The molecule has 0 spiro atoms. The van der Waals surface area contributed by atoms with Crippen molar-refractivity contribution in [2.45, 2.75) is 58.5 Å². The van der Waals surface area contributed by atoms with Crippen LogP contribution in [0.5, 0.6) is 0 Å². The standard InChI is InChI=1S/C19H26N6O/c1-12-10-17(21-11-20-12)25(15-4-5-15)16-6-8-24(9-7-16)19(26)18-13(2)22-23-14(18)3/h10-11,15-16H,4-9H2,1-3H3,(H,22,23). The number of H-pyrrole nitrogens is 1. The molecule has 1 N–H and O–H groups in total. The number of amides is 1. The number of aromatic nitrogens is 4. The number of hydrogen-bond acceptors (Lipinski definition) is 5. The van der Waals surface area contributed by atoms with Gasteiger partial charge in [0.15, 0.2) is 0 Å². The minimum absolute atomic E-state index is 0.100. The Bertz CT molecular complexity index is 785. The number of piperidine rings is 1. The van der Waals surface area contributed by atoms with Gasteiger partial charge in [0.2, 0.25) is 0 Å². The van der Waals surface area contributed by atoms with E-state index in [-0.39, 0.29) is 5.91 Å². The van der Waals surface area contributed by atoms with Gasteiger partial charge in [0, 0.05) is 42.6 Å². The van der Waals surface area contributed by atoms with Crippen LogP contribution in [0.15, 0.2) is 12.4 Å². The smallest absolute Gasteiger partial charge is 0.257 e. The maximum absolute atomic E-state index is 12.9. The molecular formula is C19H26N6O. The highest BCUT2D eigenvalue weighted by Gasteiger charge is 2.37. The van der Waals surface area contributed by atoms with Crippen LogP contribution in [0, 0.1) is 20.8 Å². The molecule has 0 aromatic carbocycles. The van der Waals surface area contributed by atoms with Gasteiger partial charge < -0.3 is 9.80 Å². The molecule has 0 bridgehead atoms. The molecule has 1 aliphatic carbocycles. The monoisotopic (exact) mass is 354 g/mol. The molecule has 2 aromatic heterocycles. The molecule has 2 aliphatic rings. The van der Waals surface area contributed by atoms with Crippen molar-refractivity contribution in [1.29, 1.82) is 0 Å². The second-order valence-electron chi connectivity index (χ2n) is 7.49. The Morgan fingerprint density at radius 3 is 2.38 bits per heavy atom. The number of likely N-dealkylation sites (tertiary alicyclic amines) is 1. The maximum atomic E-state index is 12.9. The summed E-state index contributed by atoms with van der Waals surface area (Å²) in [5, 5.41) is 7.07. The van der Waals surface area contributed by atoms with E-state index in [4.69, 9.17) is 0 Å². The van der Waals surface area contributed by atoms with Crippen molar-refractivity contribution in [3.63, 3.8) is 0 Å². The zero-order valence-electron chi connectivity index (χ0n) is 15.7. The van der Waals surface area contributed by atoms with Gasteiger partial charge in [-0.25, -0.2) is 9.97 Å². The third-order valence-corrected chi connectivity index (χ3v) is 5.48. The number of nitrogens with one attached hydrogen (secondary N) is 1. The van der Waals surface area contributed by atoms with Gasteiger partial charge in [-0.05, 0) is 46.5 Å². The maximum Gasteiger partial charge on any atom is 0.257 e. The molecule has 7 nitrogen and oxygen atoms in total. The van der Waals surface area contributed by atoms with E-state index in [1.807, 2.05) is 25.7 Å². The summed E-state index contributed by atoms with van der Waals surface area (Å²) in [6.45, 7) is 7.36. The Morgan fingerprint density at radius 2 is 1.81 bits per heavy atom. The average molecular weight is 354 g/mol.